The number of carbonyl (C=O) groups is 1. The monoisotopic (exact) mass is 395 g/mol. The maximum atomic E-state index is 12.3. The lowest BCUT2D eigenvalue weighted by Crippen LogP contribution is -2.20. The molecular formula is C22H25N3O4. The van der Waals surface area contributed by atoms with E-state index in [-0.39, 0.29) is 18.3 Å². The first-order chi connectivity index (χ1) is 14.0. The van der Waals surface area contributed by atoms with E-state index < -0.39 is 0 Å². The van der Waals surface area contributed by atoms with Gasteiger partial charge in [0, 0.05) is 5.56 Å². The summed E-state index contributed by atoms with van der Waals surface area (Å²) in [5.74, 6) is 1.77. The summed E-state index contributed by atoms with van der Waals surface area (Å²) in [4.78, 5) is 12.3. The summed E-state index contributed by atoms with van der Waals surface area (Å²) in [6.07, 6.45) is 0. The normalized spacial score (nSPS) is 10.8. The summed E-state index contributed by atoms with van der Waals surface area (Å²) in [6, 6.07) is 13.3. The predicted molar refractivity (Wildman–Crippen MR) is 110 cm³/mol. The molecule has 2 aromatic carbocycles. The molecule has 3 aromatic rings. The number of nitrogens with one attached hydrogen (secondary N) is 1. The summed E-state index contributed by atoms with van der Waals surface area (Å²) in [7, 11) is 0. The standard InChI is InChI=1S/C22H25N3O4/c1-5-27-19-11-8-17(12-15(19)4)21-22(25-29-24-21)23-20(26)13-28-18-9-6-16(7-10-18)14(2)3/h6-12,14H,5,13H2,1-4H3,(H,23,25,26). The topological polar surface area (TPSA) is 86.5 Å². The molecule has 152 valence electrons. The van der Waals surface area contributed by atoms with Crippen LogP contribution in [0.25, 0.3) is 11.3 Å². The second-order valence-electron chi connectivity index (χ2n) is 6.94. The third kappa shape index (κ3) is 5.13. The van der Waals surface area contributed by atoms with E-state index in [9.17, 15) is 4.79 Å². The predicted octanol–water partition coefficient (Wildman–Crippen LogP) is 4.58. The molecule has 1 N–H and O–H groups in total. The van der Waals surface area contributed by atoms with Crippen molar-refractivity contribution in [1.29, 1.82) is 0 Å². The van der Waals surface area contributed by atoms with Crippen LogP contribution >= 0.6 is 0 Å². The number of anilines is 1. The SMILES string of the molecule is CCOc1ccc(-c2nonc2NC(=O)COc2ccc(C(C)C)cc2)cc1C. The van der Waals surface area contributed by atoms with E-state index in [1.54, 1.807) is 0 Å². The number of aromatic nitrogens is 2. The lowest BCUT2D eigenvalue weighted by Gasteiger charge is -2.09. The Bertz CT molecular complexity index is 964. The van der Waals surface area contributed by atoms with Crippen molar-refractivity contribution >= 4 is 11.7 Å². The molecule has 0 aliphatic heterocycles. The highest BCUT2D eigenvalue weighted by Gasteiger charge is 2.16. The maximum Gasteiger partial charge on any atom is 0.263 e. The minimum atomic E-state index is -0.349. The van der Waals surface area contributed by atoms with Gasteiger partial charge in [0.25, 0.3) is 5.91 Å². The second kappa shape index (κ2) is 9.23. The highest BCUT2D eigenvalue weighted by Crippen LogP contribution is 2.29. The Morgan fingerprint density at radius 2 is 1.86 bits per heavy atom. The molecule has 0 saturated carbocycles. The molecule has 0 unspecified atom stereocenters. The van der Waals surface area contributed by atoms with Crippen LogP contribution < -0.4 is 14.8 Å². The largest absolute Gasteiger partial charge is 0.494 e. The third-order valence-corrected chi connectivity index (χ3v) is 4.41. The molecule has 0 fully saturated rings. The highest BCUT2D eigenvalue weighted by atomic mass is 16.6. The van der Waals surface area contributed by atoms with Crippen LogP contribution in [0.2, 0.25) is 0 Å². The second-order valence-corrected chi connectivity index (χ2v) is 6.94. The van der Waals surface area contributed by atoms with Gasteiger partial charge in [-0.05, 0) is 71.5 Å². The van der Waals surface area contributed by atoms with Crippen molar-refractivity contribution in [3.05, 3.63) is 53.6 Å². The molecular weight excluding hydrogens is 370 g/mol. The Morgan fingerprint density at radius 1 is 1.10 bits per heavy atom. The van der Waals surface area contributed by atoms with Gasteiger partial charge >= 0.3 is 0 Å². The van der Waals surface area contributed by atoms with E-state index in [0.29, 0.717) is 24.0 Å². The zero-order chi connectivity index (χ0) is 20.8. The molecule has 0 saturated heterocycles. The van der Waals surface area contributed by atoms with Gasteiger partial charge in [0.1, 0.15) is 11.5 Å². The van der Waals surface area contributed by atoms with Gasteiger partial charge in [-0.1, -0.05) is 26.0 Å². The lowest BCUT2D eigenvalue weighted by molar-refractivity contribution is -0.118. The van der Waals surface area contributed by atoms with Crippen molar-refractivity contribution < 1.29 is 18.9 Å². The van der Waals surface area contributed by atoms with Gasteiger partial charge in [-0.3, -0.25) is 4.79 Å². The quantitative estimate of drug-likeness (QED) is 0.601. The molecule has 0 spiro atoms. The van der Waals surface area contributed by atoms with Crippen molar-refractivity contribution in [2.45, 2.75) is 33.6 Å². The zero-order valence-corrected chi connectivity index (χ0v) is 17.1. The summed E-state index contributed by atoms with van der Waals surface area (Å²) < 4.78 is 15.9. The Balaban J connectivity index is 1.63. The molecule has 1 amide bonds. The van der Waals surface area contributed by atoms with Gasteiger partial charge in [0.15, 0.2) is 12.3 Å². The van der Waals surface area contributed by atoms with Gasteiger partial charge in [0.05, 0.1) is 6.61 Å². The first-order valence-corrected chi connectivity index (χ1v) is 9.57. The Labute approximate surface area is 170 Å². The Morgan fingerprint density at radius 3 is 2.52 bits per heavy atom. The van der Waals surface area contributed by atoms with E-state index in [0.717, 1.165) is 16.9 Å². The van der Waals surface area contributed by atoms with Crippen molar-refractivity contribution in [3.63, 3.8) is 0 Å². The maximum absolute atomic E-state index is 12.3. The summed E-state index contributed by atoms with van der Waals surface area (Å²) in [5.41, 5.74) is 3.39. The minimum Gasteiger partial charge on any atom is -0.494 e. The summed E-state index contributed by atoms with van der Waals surface area (Å²) in [5, 5.41) is 10.4. The van der Waals surface area contributed by atoms with E-state index in [4.69, 9.17) is 14.1 Å². The van der Waals surface area contributed by atoms with Crippen molar-refractivity contribution in [2.24, 2.45) is 0 Å². The number of ether oxygens (including phenoxy) is 2. The van der Waals surface area contributed by atoms with Crippen LogP contribution in [0.15, 0.2) is 47.1 Å². The molecule has 3 rings (SSSR count). The van der Waals surface area contributed by atoms with Gasteiger partial charge in [0.2, 0.25) is 5.82 Å². The van der Waals surface area contributed by atoms with Crippen molar-refractivity contribution in [3.8, 4) is 22.8 Å². The number of hydrogen-bond acceptors (Lipinski definition) is 6. The fourth-order valence-electron chi connectivity index (χ4n) is 2.84. The molecule has 7 nitrogen and oxygen atoms in total. The van der Waals surface area contributed by atoms with E-state index in [1.807, 2.05) is 56.3 Å². The first-order valence-electron chi connectivity index (χ1n) is 9.57. The molecule has 29 heavy (non-hydrogen) atoms. The average Bonchev–Trinajstić information content (AvgIpc) is 3.16. The van der Waals surface area contributed by atoms with E-state index >= 15 is 0 Å². The number of benzene rings is 2. The number of amides is 1. The van der Waals surface area contributed by atoms with Gasteiger partial charge in [-0.2, -0.15) is 0 Å². The van der Waals surface area contributed by atoms with E-state index in [1.165, 1.54) is 5.56 Å². The van der Waals surface area contributed by atoms with Crippen LogP contribution in [-0.2, 0) is 4.79 Å². The van der Waals surface area contributed by atoms with Crippen LogP contribution in [0.1, 0.15) is 37.8 Å². The molecule has 0 bridgehead atoms. The number of carbonyl (C=O) groups excluding carboxylic acids is 1. The number of nitrogens with zero attached hydrogens (tertiary/aromatic N) is 2. The Hall–Kier alpha value is -3.35. The first kappa shape index (κ1) is 20.4. The van der Waals surface area contributed by atoms with Gasteiger partial charge in [-0.15, -0.1) is 0 Å². The van der Waals surface area contributed by atoms with Crippen LogP contribution in [0.5, 0.6) is 11.5 Å². The smallest absolute Gasteiger partial charge is 0.263 e. The van der Waals surface area contributed by atoms with E-state index in [2.05, 4.69) is 29.5 Å². The molecule has 1 heterocycles. The fourth-order valence-corrected chi connectivity index (χ4v) is 2.84. The number of rotatable bonds is 8. The molecule has 0 aliphatic rings. The molecule has 0 radical (unpaired) electrons. The average molecular weight is 395 g/mol. The lowest BCUT2D eigenvalue weighted by atomic mass is 10.0. The van der Waals surface area contributed by atoms with Crippen LogP contribution in [0.4, 0.5) is 5.82 Å². The zero-order valence-electron chi connectivity index (χ0n) is 17.1. The summed E-state index contributed by atoms with van der Waals surface area (Å²) in [6.45, 7) is 8.57. The fraction of sp³-hybridized carbons (Fsp3) is 0.318. The molecule has 7 heteroatoms. The van der Waals surface area contributed by atoms with Crippen molar-refractivity contribution in [2.75, 3.05) is 18.5 Å². The number of hydrogen-bond donors (Lipinski definition) is 1. The highest BCUT2D eigenvalue weighted by molar-refractivity contribution is 5.94. The Kier molecular flexibility index (Phi) is 6.49. The minimum absolute atomic E-state index is 0.143. The van der Waals surface area contributed by atoms with Crippen molar-refractivity contribution in [1.82, 2.24) is 10.3 Å². The molecule has 0 atom stereocenters. The number of aryl methyl sites for hydroxylation is 1. The van der Waals surface area contributed by atoms with Gasteiger partial charge < -0.3 is 14.8 Å². The molecule has 0 aliphatic carbocycles. The third-order valence-electron chi connectivity index (χ3n) is 4.41. The van der Waals surface area contributed by atoms with Crippen LogP contribution in [0.3, 0.4) is 0 Å². The van der Waals surface area contributed by atoms with Crippen LogP contribution in [0, 0.1) is 6.92 Å². The summed E-state index contributed by atoms with van der Waals surface area (Å²) >= 11 is 0. The van der Waals surface area contributed by atoms with Gasteiger partial charge in [-0.25, -0.2) is 4.63 Å². The van der Waals surface area contributed by atoms with Crippen LogP contribution in [-0.4, -0.2) is 29.4 Å². The molecule has 1 aromatic heterocycles.